The monoisotopic (exact) mass is 267 g/mol. The van der Waals surface area contributed by atoms with E-state index < -0.39 is 0 Å². The molecule has 1 aromatic rings. The summed E-state index contributed by atoms with van der Waals surface area (Å²) in [5.41, 5.74) is 0.739. The van der Waals surface area contributed by atoms with Crippen LogP contribution in [-0.4, -0.2) is 31.3 Å². The van der Waals surface area contributed by atoms with Crippen molar-refractivity contribution in [1.82, 2.24) is 5.32 Å². The third-order valence-electron chi connectivity index (χ3n) is 2.79. The third kappa shape index (κ3) is 4.79. The van der Waals surface area contributed by atoms with E-state index in [2.05, 4.69) is 5.32 Å². The summed E-state index contributed by atoms with van der Waals surface area (Å²) in [7, 11) is 1.58. The fraction of sp³-hybridized carbons (Fsp3) is 0.500. The number of esters is 1. The predicted octanol–water partition coefficient (Wildman–Crippen LogP) is 2.00. The van der Waals surface area contributed by atoms with E-state index in [1.165, 1.54) is 0 Å². The maximum absolute atomic E-state index is 11.2. The number of hydrogen-bond acceptors (Lipinski definition) is 5. The van der Waals surface area contributed by atoms with Crippen molar-refractivity contribution in [3.63, 3.8) is 0 Å². The lowest BCUT2D eigenvalue weighted by Gasteiger charge is -2.16. The maximum atomic E-state index is 11.2. The van der Waals surface area contributed by atoms with Crippen LogP contribution in [0.25, 0.3) is 0 Å². The summed E-state index contributed by atoms with van der Waals surface area (Å²) >= 11 is 0. The predicted molar refractivity (Wildman–Crippen MR) is 72.3 cm³/mol. The minimum absolute atomic E-state index is 0.0791. The molecule has 5 heteroatoms. The highest BCUT2D eigenvalue weighted by Gasteiger charge is 2.12. The molecule has 2 N–H and O–H groups in total. The van der Waals surface area contributed by atoms with E-state index in [4.69, 9.17) is 9.47 Å². The molecule has 1 atom stereocenters. The summed E-state index contributed by atoms with van der Waals surface area (Å²) in [6.07, 6.45) is 0.308. The van der Waals surface area contributed by atoms with Crippen LogP contribution in [-0.2, 0) is 9.53 Å². The van der Waals surface area contributed by atoms with E-state index in [0.717, 1.165) is 5.56 Å². The fourth-order valence-corrected chi connectivity index (χ4v) is 1.74. The van der Waals surface area contributed by atoms with Gasteiger partial charge in [0.15, 0.2) is 0 Å². The van der Waals surface area contributed by atoms with E-state index in [1.54, 1.807) is 32.2 Å². The van der Waals surface area contributed by atoms with Crippen molar-refractivity contribution in [1.29, 1.82) is 0 Å². The van der Waals surface area contributed by atoms with Crippen molar-refractivity contribution in [3.8, 4) is 11.5 Å². The Hall–Kier alpha value is -1.75. The molecule has 0 aliphatic rings. The number of carbonyl (C=O) groups is 1. The van der Waals surface area contributed by atoms with Gasteiger partial charge in [-0.1, -0.05) is 0 Å². The number of ether oxygens (including phenoxy) is 2. The van der Waals surface area contributed by atoms with Gasteiger partial charge in [0.05, 0.1) is 20.1 Å². The number of methoxy groups -OCH3 is 1. The molecule has 0 aliphatic heterocycles. The number of carbonyl (C=O) groups excluding carboxylic acids is 1. The van der Waals surface area contributed by atoms with Gasteiger partial charge in [0.2, 0.25) is 0 Å². The van der Waals surface area contributed by atoms with Gasteiger partial charge in [-0.15, -0.1) is 0 Å². The summed E-state index contributed by atoms with van der Waals surface area (Å²) in [5.74, 6) is 0.667. The first-order valence-corrected chi connectivity index (χ1v) is 6.34. The lowest BCUT2D eigenvalue weighted by Crippen LogP contribution is -2.22. The zero-order chi connectivity index (χ0) is 14.3. The average molecular weight is 267 g/mol. The molecule has 0 saturated carbocycles. The SMILES string of the molecule is CCOC(=O)CCNC(C)c1cc(OC)ccc1O. The highest BCUT2D eigenvalue weighted by atomic mass is 16.5. The Morgan fingerprint density at radius 1 is 1.47 bits per heavy atom. The Bertz CT molecular complexity index is 420. The molecule has 0 bridgehead atoms. The number of nitrogens with one attached hydrogen (secondary N) is 1. The zero-order valence-corrected chi connectivity index (χ0v) is 11.6. The van der Waals surface area contributed by atoms with Crippen molar-refractivity contribution in [2.45, 2.75) is 26.3 Å². The second-order valence-electron chi connectivity index (χ2n) is 4.16. The molecular weight excluding hydrogens is 246 g/mol. The first kappa shape index (κ1) is 15.3. The van der Waals surface area contributed by atoms with Crippen LogP contribution in [0.1, 0.15) is 31.9 Å². The van der Waals surface area contributed by atoms with Crippen LogP contribution in [0.3, 0.4) is 0 Å². The molecule has 0 spiro atoms. The Morgan fingerprint density at radius 2 is 2.21 bits per heavy atom. The van der Waals surface area contributed by atoms with Gasteiger partial charge in [0.1, 0.15) is 11.5 Å². The number of aromatic hydroxyl groups is 1. The van der Waals surface area contributed by atoms with Crippen LogP contribution in [0.4, 0.5) is 0 Å². The third-order valence-corrected chi connectivity index (χ3v) is 2.79. The molecule has 1 unspecified atom stereocenters. The van der Waals surface area contributed by atoms with Gasteiger partial charge in [0, 0.05) is 18.2 Å². The normalized spacial score (nSPS) is 11.9. The topological polar surface area (TPSA) is 67.8 Å². The van der Waals surface area contributed by atoms with E-state index in [1.807, 2.05) is 6.92 Å². The molecule has 1 aromatic carbocycles. The van der Waals surface area contributed by atoms with E-state index in [9.17, 15) is 9.90 Å². The van der Waals surface area contributed by atoms with Crippen molar-refractivity contribution in [3.05, 3.63) is 23.8 Å². The lowest BCUT2D eigenvalue weighted by atomic mass is 10.1. The van der Waals surface area contributed by atoms with Gasteiger partial charge in [-0.2, -0.15) is 0 Å². The molecule has 0 heterocycles. The Morgan fingerprint density at radius 3 is 2.84 bits per heavy atom. The van der Waals surface area contributed by atoms with Crippen molar-refractivity contribution < 1.29 is 19.4 Å². The number of rotatable bonds is 7. The molecule has 19 heavy (non-hydrogen) atoms. The molecule has 106 valence electrons. The Kier molecular flexibility index (Phi) is 6.15. The second-order valence-corrected chi connectivity index (χ2v) is 4.16. The van der Waals surface area contributed by atoms with Gasteiger partial charge in [-0.25, -0.2) is 0 Å². The highest BCUT2D eigenvalue weighted by molar-refractivity contribution is 5.69. The summed E-state index contributed by atoms with van der Waals surface area (Å²) in [6.45, 7) is 4.59. The quantitative estimate of drug-likeness (QED) is 0.740. The molecule has 0 saturated heterocycles. The molecule has 0 aliphatic carbocycles. The van der Waals surface area contributed by atoms with Crippen LogP contribution < -0.4 is 10.1 Å². The Balaban J connectivity index is 2.53. The van der Waals surface area contributed by atoms with Crippen molar-refractivity contribution in [2.75, 3.05) is 20.3 Å². The molecular formula is C14H21NO4. The Labute approximate surface area is 113 Å². The van der Waals surface area contributed by atoms with Crippen LogP contribution in [0, 0.1) is 0 Å². The summed E-state index contributed by atoms with van der Waals surface area (Å²) < 4.78 is 9.96. The molecule has 0 radical (unpaired) electrons. The summed E-state index contributed by atoms with van der Waals surface area (Å²) in [5, 5.41) is 13.0. The van der Waals surface area contributed by atoms with Gasteiger partial charge in [-0.3, -0.25) is 4.79 Å². The van der Waals surface area contributed by atoms with Crippen LogP contribution >= 0.6 is 0 Å². The molecule has 5 nitrogen and oxygen atoms in total. The van der Waals surface area contributed by atoms with Crippen molar-refractivity contribution >= 4 is 5.97 Å². The van der Waals surface area contributed by atoms with E-state index in [0.29, 0.717) is 25.3 Å². The number of phenolic OH excluding ortho intramolecular Hbond substituents is 1. The first-order valence-electron chi connectivity index (χ1n) is 6.34. The molecule has 0 fully saturated rings. The van der Waals surface area contributed by atoms with Gasteiger partial charge < -0.3 is 19.9 Å². The average Bonchev–Trinajstić information content (AvgIpc) is 2.39. The van der Waals surface area contributed by atoms with Crippen molar-refractivity contribution in [2.24, 2.45) is 0 Å². The lowest BCUT2D eigenvalue weighted by molar-refractivity contribution is -0.143. The van der Waals surface area contributed by atoms with Crippen LogP contribution in [0.15, 0.2) is 18.2 Å². The maximum Gasteiger partial charge on any atom is 0.307 e. The van der Waals surface area contributed by atoms with Crippen LogP contribution in [0.2, 0.25) is 0 Å². The molecule has 1 rings (SSSR count). The van der Waals surface area contributed by atoms with E-state index in [-0.39, 0.29) is 17.8 Å². The van der Waals surface area contributed by atoms with Crippen LogP contribution in [0.5, 0.6) is 11.5 Å². The highest BCUT2D eigenvalue weighted by Crippen LogP contribution is 2.28. The zero-order valence-electron chi connectivity index (χ0n) is 11.6. The fourth-order valence-electron chi connectivity index (χ4n) is 1.74. The minimum atomic E-state index is -0.225. The largest absolute Gasteiger partial charge is 0.508 e. The summed E-state index contributed by atoms with van der Waals surface area (Å²) in [6, 6.07) is 4.99. The minimum Gasteiger partial charge on any atom is -0.508 e. The number of hydrogen-bond donors (Lipinski definition) is 2. The smallest absolute Gasteiger partial charge is 0.307 e. The second kappa shape index (κ2) is 7.63. The van der Waals surface area contributed by atoms with Gasteiger partial charge in [-0.05, 0) is 32.0 Å². The number of benzene rings is 1. The first-order chi connectivity index (χ1) is 9.08. The van der Waals surface area contributed by atoms with E-state index >= 15 is 0 Å². The van der Waals surface area contributed by atoms with Gasteiger partial charge >= 0.3 is 5.97 Å². The molecule has 0 aromatic heterocycles. The van der Waals surface area contributed by atoms with Gasteiger partial charge in [0.25, 0.3) is 0 Å². The number of phenols is 1. The molecule has 0 amide bonds. The standard InChI is InChI=1S/C14H21NO4/c1-4-19-14(17)7-8-15-10(2)12-9-11(18-3)5-6-13(12)16/h5-6,9-10,15-16H,4,7-8H2,1-3H3. The summed E-state index contributed by atoms with van der Waals surface area (Å²) in [4.78, 5) is 11.2.